The van der Waals surface area contributed by atoms with E-state index in [4.69, 9.17) is 0 Å². The van der Waals surface area contributed by atoms with Gasteiger partial charge in [0, 0.05) is 32.2 Å². The number of hydrogen-bond donors (Lipinski definition) is 3. The summed E-state index contributed by atoms with van der Waals surface area (Å²) in [5.74, 6) is 0.799. The van der Waals surface area contributed by atoms with Crippen LogP contribution in [0.1, 0.15) is 26.3 Å². The molecule has 110 valence electrons. The second-order valence-corrected chi connectivity index (χ2v) is 4.42. The van der Waals surface area contributed by atoms with Crippen LogP contribution in [0.15, 0.2) is 29.3 Å². The predicted octanol–water partition coefficient (Wildman–Crippen LogP) is 1.76. The molecule has 0 aliphatic carbocycles. The van der Waals surface area contributed by atoms with Crippen molar-refractivity contribution in [1.82, 2.24) is 10.6 Å². The van der Waals surface area contributed by atoms with Gasteiger partial charge in [0.25, 0.3) is 0 Å². The first-order valence-corrected chi connectivity index (χ1v) is 7.04. The van der Waals surface area contributed by atoms with Crippen molar-refractivity contribution in [2.24, 2.45) is 4.99 Å². The Morgan fingerprint density at radius 3 is 2.20 bits per heavy atom. The molecule has 1 aromatic carbocycles. The molecule has 0 saturated heterocycles. The van der Waals surface area contributed by atoms with Crippen molar-refractivity contribution in [2.45, 2.75) is 27.2 Å². The monoisotopic (exact) mass is 276 g/mol. The summed E-state index contributed by atoms with van der Waals surface area (Å²) in [7, 11) is 0. The number of nitrogens with one attached hydrogen (secondary N) is 3. The topological polar surface area (TPSA) is 65.5 Å². The predicted molar refractivity (Wildman–Crippen MR) is 84.1 cm³/mol. The molecule has 0 saturated carbocycles. The maximum atomic E-state index is 10.9. The number of hydrogen-bond acceptors (Lipinski definition) is 2. The number of amides is 1. The Morgan fingerprint density at radius 2 is 1.70 bits per heavy atom. The Morgan fingerprint density at radius 1 is 1.10 bits per heavy atom. The molecule has 0 radical (unpaired) electrons. The summed E-state index contributed by atoms with van der Waals surface area (Å²) in [6.45, 7) is 8.05. The van der Waals surface area contributed by atoms with Crippen LogP contribution in [0.4, 0.5) is 5.69 Å². The molecule has 3 N–H and O–H groups in total. The van der Waals surface area contributed by atoms with Gasteiger partial charge in [0.2, 0.25) is 5.91 Å². The molecule has 0 aliphatic heterocycles. The minimum Gasteiger partial charge on any atom is -0.357 e. The molecule has 0 aliphatic rings. The number of anilines is 1. The molecule has 0 aromatic heterocycles. The second kappa shape index (κ2) is 8.96. The number of aliphatic imine (C=N–C) groups is 1. The smallest absolute Gasteiger partial charge is 0.221 e. The summed E-state index contributed by atoms with van der Waals surface area (Å²) in [5, 5.41) is 9.14. The highest BCUT2D eigenvalue weighted by Crippen LogP contribution is 2.09. The molecule has 1 amide bonds. The molecule has 5 nitrogen and oxygen atoms in total. The van der Waals surface area contributed by atoms with Gasteiger partial charge in [-0.1, -0.05) is 12.1 Å². The zero-order valence-corrected chi connectivity index (χ0v) is 12.5. The van der Waals surface area contributed by atoms with Crippen LogP contribution in [-0.2, 0) is 11.2 Å². The zero-order chi connectivity index (χ0) is 14.8. The van der Waals surface area contributed by atoms with Crippen molar-refractivity contribution in [3.05, 3.63) is 29.8 Å². The summed E-state index contributed by atoms with van der Waals surface area (Å²) >= 11 is 0. The highest BCUT2D eigenvalue weighted by atomic mass is 16.1. The van der Waals surface area contributed by atoms with Crippen LogP contribution < -0.4 is 16.0 Å². The van der Waals surface area contributed by atoms with E-state index in [0.717, 1.165) is 37.7 Å². The van der Waals surface area contributed by atoms with Crippen LogP contribution in [-0.4, -0.2) is 31.5 Å². The lowest BCUT2D eigenvalue weighted by Crippen LogP contribution is -2.37. The van der Waals surface area contributed by atoms with Gasteiger partial charge in [-0.05, 0) is 38.0 Å². The third kappa shape index (κ3) is 6.22. The van der Waals surface area contributed by atoms with Gasteiger partial charge < -0.3 is 16.0 Å². The van der Waals surface area contributed by atoms with Crippen LogP contribution in [0.5, 0.6) is 0 Å². The van der Waals surface area contributed by atoms with E-state index in [2.05, 4.69) is 20.9 Å². The van der Waals surface area contributed by atoms with Gasteiger partial charge in [0.15, 0.2) is 5.96 Å². The molecule has 20 heavy (non-hydrogen) atoms. The third-order valence-electron chi connectivity index (χ3n) is 2.63. The van der Waals surface area contributed by atoms with Gasteiger partial charge in [-0.25, -0.2) is 0 Å². The molecule has 0 fully saturated rings. The number of carbonyl (C=O) groups excluding carboxylic acids is 1. The highest BCUT2D eigenvalue weighted by Gasteiger charge is 1.98. The fourth-order valence-electron chi connectivity index (χ4n) is 1.76. The number of guanidine groups is 1. The molecule has 0 heterocycles. The van der Waals surface area contributed by atoms with E-state index < -0.39 is 0 Å². The Labute approximate surface area is 120 Å². The lowest BCUT2D eigenvalue weighted by molar-refractivity contribution is -0.114. The second-order valence-electron chi connectivity index (χ2n) is 4.42. The molecule has 1 rings (SSSR count). The largest absolute Gasteiger partial charge is 0.357 e. The minimum atomic E-state index is -0.0525. The summed E-state index contributed by atoms with van der Waals surface area (Å²) in [4.78, 5) is 15.4. The van der Waals surface area contributed by atoms with Crippen molar-refractivity contribution < 1.29 is 4.79 Å². The van der Waals surface area contributed by atoms with Crippen LogP contribution in [0.3, 0.4) is 0 Å². The molecule has 0 atom stereocenters. The van der Waals surface area contributed by atoms with E-state index in [0.29, 0.717) is 0 Å². The van der Waals surface area contributed by atoms with Crippen LogP contribution in [0, 0.1) is 0 Å². The Hall–Kier alpha value is -2.04. The summed E-state index contributed by atoms with van der Waals surface area (Å²) in [6.07, 6.45) is 0.876. The average molecular weight is 276 g/mol. The minimum absolute atomic E-state index is 0.0525. The van der Waals surface area contributed by atoms with Crippen molar-refractivity contribution in [2.75, 3.05) is 25.0 Å². The summed E-state index contributed by atoms with van der Waals surface area (Å²) < 4.78 is 0. The SMILES string of the molecule is CCNC(=NCCc1ccc(NC(C)=O)cc1)NCC. The van der Waals surface area contributed by atoms with Crippen molar-refractivity contribution >= 4 is 17.6 Å². The number of rotatable bonds is 6. The molecule has 0 unspecified atom stereocenters. The van der Waals surface area contributed by atoms with E-state index in [1.165, 1.54) is 12.5 Å². The highest BCUT2D eigenvalue weighted by molar-refractivity contribution is 5.88. The van der Waals surface area contributed by atoms with Crippen LogP contribution in [0.2, 0.25) is 0 Å². The van der Waals surface area contributed by atoms with Gasteiger partial charge in [0.1, 0.15) is 0 Å². The molecule has 1 aromatic rings. The fraction of sp³-hybridized carbons (Fsp3) is 0.467. The molecule has 5 heteroatoms. The average Bonchev–Trinajstić information content (AvgIpc) is 2.40. The Kier molecular flexibility index (Phi) is 7.17. The number of benzene rings is 1. The van der Waals surface area contributed by atoms with Gasteiger partial charge in [-0.15, -0.1) is 0 Å². The molecular weight excluding hydrogens is 252 g/mol. The van der Waals surface area contributed by atoms with Crippen molar-refractivity contribution in [3.63, 3.8) is 0 Å². The van der Waals surface area contributed by atoms with E-state index in [1.54, 1.807) is 0 Å². The van der Waals surface area contributed by atoms with Gasteiger partial charge in [-0.3, -0.25) is 9.79 Å². The first kappa shape index (κ1) is 16.0. The van der Waals surface area contributed by atoms with Gasteiger partial charge in [-0.2, -0.15) is 0 Å². The van der Waals surface area contributed by atoms with Crippen molar-refractivity contribution in [3.8, 4) is 0 Å². The van der Waals surface area contributed by atoms with Gasteiger partial charge in [0.05, 0.1) is 0 Å². The van der Waals surface area contributed by atoms with Crippen LogP contribution >= 0.6 is 0 Å². The Balaban J connectivity index is 2.48. The van der Waals surface area contributed by atoms with Gasteiger partial charge >= 0.3 is 0 Å². The zero-order valence-electron chi connectivity index (χ0n) is 12.5. The molecule has 0 bridgehead atoms. The standard InChI is InChI=1S/C15H24N4O/c1-4-16-15(17-5-2)18-11-10-13-6-8-14(9-7-13)19-12(3)20/h6-9H,4-5,10-11H2,1-3H3,(H,19,20)(H2,16,17,18). The number of carbonyl (C=O) groups is 1. The normalized spacial score (nSPS) is 9.75. The first-order valence-electron chi connectivity index (χ1n) is 7.04. The maximum Gasteiger partial charge on any atom is 0.221 e. The summed E-state index contributed by atoms with van der Waals surface area (Å²) in [5.41, 5.74) is 2.03. The Bertz CT molecular complexity index is 432. The van der Waals surface area contributed by atoms with Crippen molar-refractivity contribution in [1.29, 1.82) is 0 Å². The third-order valence-corrected chi connectivity index (χ3v) is 2.63. The first-order chi connectivity index (χ1) is 9.65. The lowest BCUT2D eigenvalue weighted by Gasteiger charge is -2.09. The molecule has 0 spiro atoms. The van der Waals surface area contributed by atoms with E-state index >= 15 is 0 Å². The fourth-order valence-corrected chi connectivity index (χ4v) is 1.76. The van der Waals surface area contributed by atoms with E-state index in [-0.39, 0.29) is 5.91 Å². The lowest BCUT2D eigenvalue weighted by atomic mass is 10.1. The van der Waals surface area contributed by atoms with Crippen LogP contribution in [0.25, 0.3) is 0 Å². The maximum absolute atomic E-state index is 10.9. The number of nitrogens with zero attached hydrogens (tertiary/aromatic N) is 1. The quantitative estimate of drug-likeness (QED) is 0.548. The summed E-state index contributed by atoms with van der Waals surface area (Å²) in [6, 6.07) is 7.85. The van der Waals surface area contributed by atoms with E-state index in [9.17, 15) is 4.79 Å². The molecular formula is C15H24N4O. The van der Waals surface area contributed by atoms with E-state index in [1.807, 2.05) is 38.1 Å².